The summed E-state index contributed by atoms with van der Waals surface area (Å²) in [6.07, 6.45) is 0. The third-order valence-corrected chi connectivity index (χ3v) is 2.52. The number of hydrogen-bond donors (Lipinski definition) is 0. The monoisotopic (exact) mass is 298 g/mol. The lowest BCUT2D eigenvalue weighted by molar-refractivity contribution is -0.145. The molecule has 0 N–H and O–H groups in total. The van der Waals surface area contributed by atoms with E-state index in [2.05, 4.69) is 4.74 Å². The van der Waals surface area contributed by atoms with Gasteiger partial charge in [0.15, 0.2) is 18.1 Å². The standard InChI is InChI=1S/C14H18O7/c1-5-20-12(15)8-21-13-10(17-2)6-9(14(16)19-4)7-11(13)18-3/h6-7H,5,8H2,1-4H3. The van der Waals surface area contributed by atoms with E-state index in [-0.39, 0.29) is 36.0 Å². The Morgan fingerprint density at radius 2 is 1.62 bits per heavy atom. The highest BCUT2D eigenvalue weighted by molar-refractivity contribution is 5.91. The molecule has 0 saturated carbocycles. The summed E-state index contributed by atoms with van der Waals surface area (Å²) in [5.74, 6) is -0.346. The van der Waals surface area contributed by atoms with Crippen molar-refractivity contribution >= 4 is 11.9 Å². The Kier molecular flexibility index (Phi) is 6.32. The molecule has 0 atom stereocenters. The molecule has 1 aromatic carbocycles. The molecule has 0 aliphatic carbocycles. The van der Waals surface area contributed by atoms with Gasteiger partial charge in [-0.2, -0.15) is 0 Å². The van der Waals surface area contributed by atoms with Crippen LogP contribution in [0.5, 0.6) is 17.2 Å². The molecule has 1 rings (SSSR count). The number of hydrogen-bond acceptors (Lipinski definition) is 7. The molecule has 7 heteroatoms. The molecule has 0 fully saturated rings. The average Bonchev–Trinajstić information content (AvgIpc) is 2.51. The molecular formula is C14H18O7. The van der Waals surface area contributed by atoms with Crippen LogP contribution in [0.25, 0.3) is 0 Å². The molecule has 116 valence electrons. The zero-order chi connectivity index (χ0) is 15.8. The van der Waals surface area contributed by atoms with E-state index in [9.17, 15) is 9.59 Å². The lowest BCUT2D eigenvalue weighted by Gasteiger charge is -2.15. The summed E-state index contributed by atoms with van der Waals surface area (Å²) in [5, 5.41) is 0. The molecule has 0 saturated heterocycles. The van der Waals surface area contributed by atoms with Gasteiger partial charge in [-0.3, -0.25) is 0 Å². The zero-order valence-electron chi connectivity index (χ0n) is 12.4. The first-order valence-corrected chi connectivity index (χ1v) is 6.20. The van der Waals surface area contributed by atoms with E-state index in [1.54, 1.807) is 6.92 Å². The van der Waals surface area contributed by atoms with Crippen molar-refractivity contribution in [3.63, 3.8) is 0 Å². The van der Waals surface area contributed by atoms with E-state index < -0.39 is 11.9 Å². The second kappa shape index (κ2) is 7.98. The van der Waals surface area contributed by atoms with Gasteiger partial charge in [0.1, 0.15) is 0 Å². The fraction of sp³-hybridized carbons (Fsp3) is 0.429. The highest BCUT2D eigenvalue weighted by atomic mass is 16.6. The van der Waals surface area contributed by atoms with Gasteiger partial charge < -0.3 is 23.7 Å². The Morgan fingerprint density at radius 3 is 2.05 bits per heavy atom. The predicted molar refractivity (Wildman–Crippen MR) is 73.0 cm³/mol. The molecule has 0 aromatic heterocycles. The maximum absolute atomic E-state index is 11.6. The number of carbonyl (C=O) groups is 2. The fourth-order valence-electron chi connectivity index (χ4n) is 1.59. The highest BCUT2D eigenvalue weighted by Crippen LogP contribution is 2.38. The Labute approximate surface area is 122 Å². The first-order valence-electron chi connectivity index (χ1n) is 6.20. The minimum absolute atomic E-state index is 0.209. The first-order chi connectivity index (χ1) is 10.1. The van der Waals surface area contributed by atoms with Gasteiger partial charge in [-0.15, -0.1) is 0 Å². The largest absolute Gasteiger partial charge is 0.493 e. The van der Waals surface area contributed by atoms with Crippen LogP contribution >= 0.6 is 0 Å². The zero-order valence-corrected chi connectivity index (χ0v) is 12.4. The minimum atomic E-state index is -0.538. The second-order valence-electron chi connectivity index (χ2n) is 3.80. The average molecular weight is 298 g/mol. The van der Waals surface area contributed by atoms with Gasteiger partial charge >= 0.3 is 11.9 Å². The SMILES string of the molecule is CCOC(=O)COc1c(OC)cc(C(=O)OC)cc1OC. The smallest absolute Gasteiger partial charge is 0.344 e. The summed E-state index contributed by atoms with van der Waals surface area (Å²) in [6.45, 7) is 1.67. The van der Waals surface area contributed by atoms with E-state index in [1.165, 1.54) is 33.5 Å². The van der Waals surface area contributed by atoms with Crippen LogP contribution in [0.2, 0.25) is 0 Å². The lowest BCUT2D eigenvalue weighted by atomic mass is 10.2. The number of methoxy groups -OCH3 is 3. The Hall–Kier alpha value is -2.44. The molecule has 0 amide bonds. The molecule has 1 aromatic rings. The first kappa shape index (κ1) is 16.6. The van der Waals surface area contributed by atoms with E-state index >= 15 is 0 Å². The van der Waals surface area contributed by atoms with Crippen LogP contribution in [0.4, 0.5) is 0 Å². The molecule has 0 spiro atoms. The van der Waals surface area contributed by atoms with Crippen molar-refractivity contribution in [1.82, 2.24) is 0 Å². The molecule has 0 radical (unpaired) electrons. The van der Waals surface area contributed by atoms with E-state index in [4.69, 9.17) is 18.9 Å². The second-order valence-corrected chi connectivity index (χ2v) is 3.80. The van der Waals surface area contributed by atoms with Crippen LogP contribution in [0.1, 0.15) is 17.3 Å². The van der Waals surface area contributed by atoms with Crippen LogP contribution in [-0.4, -0.2) is 46.5 Å². The van der Waals surface area contributed by atoms with Crippen LogP contribution in [0.15, 0.2) is 12.1 Å². The summed E-state index contributed by atoms with van der Waals surface area (Å²) < 4.78 is 25.1. The number of carbonyl (C=O) groups excluding carboxylic acids is 2. The number of benzene rings is 1. The van der Waals surface area contributed by atoms with Gasteiger partial charge in [0.25, 0.3) is 0 Å². The van der Waals surface area contributed by atoms with Gasteiger partial charge in [0, 0.05) is 0 Å². The van der Waals surface area contributed by atoms with Crippen LogP contribution in [0, 0.1) is 0 Å². The van der Waals surface area contributed by atoms with E-state index in [0.29, 0.717) is 0 Å². The fourth-order valence-corrected chi connectivity index (χ4v) is 1.59. The van der Waals surface area contributed by atoms with Crippen molar-refractivity contribution in [2.45, 2.75) is 6.92 Å². The molecular weight excluding hydrogens is 280 g/mol. The van der Waals surface area contributed by atoms with Crippen LogP contribution in [-0.2, 0) is 14.3 Å². The van der Waals surface area contributed by atoms with Crippen molar-refractivity contribution in [3.8, 4) is 17.2 Å². The van der Waals surface area contributed by atoms with Crippen molar-refractivity contribution in [3.05, 3.63) is 17.7 Å². The van der Waals surface area contributed by atoms with Crippen molar-refractivity contribution in [2.24, 2.45) is 0 Å². The molecule has 0 aliphatic heterocycles. The van der Waals surface area contributed by atoms with Gasteiger partial charge in [-0.1, -0.05) is 0 Å². The number of rotatable bonds is 7. The molecule has 0 unspecified atom stereocenters. The summed E-state index contributed by atoms with van der Waals surface area (Å²) in [7, 11) is 4.09. The Morgan fingerprint density at radius 1 is 1.05 bits per heavy atom. The van der Waals surface area contributed by atoms with E-state index in [0.717, 1.165) is 0 Å². The van der Waals surface area contributed by atoms with Crippen LogP contribution < -0.4 is 14.2 Å². The topological polar surface area (TPSA) is 80.3 Å². The van der Waals surface area contributed by atoms with Gasteiger partial charge in [0.2, 0.25) is 5.75 Å². The van der Waals surface area contributed by atoms with Gasteiger partial charge in [0.05, 0.1) is 33.5 Å². The Bertz CT molecular complexity index is 485. The van der Waals surface area contributed by atoms with Crippen molar-refractivity contribution in [1.29, 1.82) is 0 Å². The van der Waals surface area contributed by atoms with E-state index in [1.807, 2.05) is 0 Å². The summed E-state index contributed by atoms with van der Waals surface area (Å²) >= 11 is 0. The quantitative estimate of drug-likeness (QED) is 0.704. The molecule has 21 heavy (non-hydrogen) atoms. The maximum atomic E-state index is 11.6. The van der Waals surface area contributed by atoms with Crippen molar-refractivity contribution < 1.29 is 33.3 Å². The van der Waals surface area contributed by atoms with Crippen LogP contribution in [0.3, 0.4) is 0 Å². The third kappa shape index (κ3) is 4.27. The summed E-state index contributed by atoms with van der Waals surface area (Å²) in [6, 6.07) is 2.88. The molecule has 7 nitrogen and oxygen atoms in total. The minimum Gasteiger partial charge on any atom is -0.493 e. The normalized spacial score (nSPS) is 9.71. The van der Waals surface area contributed by atoms with Gasteiger partial charge in [-0.05, 0) is 19.1 Å². The Balaban J connectivity index is 3.06. The maximum Gasteiger partial charge on any atom is 0.344 e. The number of ether oxygens (including phenoxy) is 5. The third-order valence-electron chi connectivity index (χ3n) is 2.52. The highest BCUT2D eigenvalue weighted by Gasteiger charge is 2.19. The van der Waals surface area contributed by atoms with Crippen molar-refractivity contribution in [2.75, 3.05) is 34.5 Å². The predicted octanol–water partition coefficient (Wildman–Crippen LogP) is 1.43. The molecule has 0 bridgehead atoms. The molecule has 0 heterocycles. The summed E-state index contributed by atoms with van der Waals surface area (Å²) in [5.41, 5.74) is 0.245. The molecule has 0 aliphatic rings. The number of esters is 2. The lowest BCUT2D eigenvalue weighted by Crippen LogP contribution is -2.15. The summed E-state index contributed by atoms with van der Waals surface area (Å²) in [4.78, 5) is 22.9. The van der Waals surface area contributed by atoms with Gasteiger partial charge in [-0.25, -0.2) is 9.59 Å².